The fourth-order valence-electron chi connectivity index (χ4n) is 3.02. The number of allylic oxidation sites excluding steroid dienone is 2. The number of aryl methyl sites for hydroxylation is 2. The van der Waals surface area contributed by atoms with Gasteiger partial charge in [0.25, 0.3) is 0 Å². The Morgan fingerprint density at radius 3 is 2.19 bits per heavy atom. The van der Waals surface area contributed by atoms with Crippen LogP contribution in [0.2, 0.25) is 0 Å². The predicted molar refractivity (Wildman–Crippen MR) is 172 cm³/mol. The summed E-state index contributed by atoms with van der Waals surface area (Å²) in [5, 5.41) is 10.8. The summed E-state index contributed by atoms with van der Waals surface area (Å²) in [6, 6.07) is 7.98. The quantitative estimate of drug-likeness (QED) is 0.320. The predicted octanol–water partition coefficient (Wildman–Crippen LogP) is 5.66. The maximum atomic E-state index is 12.5. The van der Waals surface area contributed by atoms with Gasteiger partial charge in [-0.2, -0.15) is 5.10 Å². The number of rotatable bonds is 9. The molecular formula is C28H44I3N4O2-. The topological polar surface area (TPSA) is 76.0 Å². The number of Topliss-reactive ketones (excluding diaryl/α,β-unsaturated/α-hetero) is 1. The number of amides is 1. The zero-order valence-corrected chi connectivity index (χ0v) is 30.2. The van der Waals surface area contributed by atoms with E-state index in [-0.39, 0.29) is 23.7 Å². The molecule has 1 heterocycles. The molecule has 0 bridgehead atoms. The normalized spacial score (nSPS) is 11.2. The van der Waals surface area contributed by atoms with Gasteiger partial charge in [0, 0.05) is 35.7 Å². The average molecular weight is 849 g/mol. The molecule has 0 aliphatic rings. The van der Waals surface area contributed by atoms with Crippen molar-refractivity contribution < 1.29 is 22.8 Å². The fourth-order valence-corrected chi connectivity index (χ4v) is 3.02. The maximum absolute atomic E-state index is 12.5. The summed E-state index contributed by atoms with van der Waals surface area (Å²) in [7, 11) is 0. The number of nitrogens with one attached hydrogen (secondary N) is 2. The van der Waals surface area contributed by atoms with E-state index in [1.54, 1.807) is 4.68 Å². The molecule has 2 rings (SSSR count). The van der Waals surface area contributed by atoms with Crippen molar-refractivity contribution in [3.8, 4) is 0 Å². The fraction of sp³-hybridized carbons (Fsp3) is 0.536. The molecule has 0 radical (unpaired) electrons. The van der Waals surface area contributed by atoms with Gasteiger partial charge < -0.3 is 10.6 Å². The summed E-state index contributed by atoms with van der Waals surface area (Å²) < 4.78 is 1.76. The Morgan fingerprint density at radius 1 is 1.08 bits per heavy atom. The van der Waals surface area contributed by atoms with Crippen LogP contribution in [0.15, 0.2) is 30.3 Å². The van der Waals surface area contributed by atoms with Gasteiger partial charge in [0.2, 0.25) is 5.91 Å². The first kappa shape index (κ1) is 36.3. The second-order valence-corrected chi connectivity index (χ2v) is 26.1. The van der Waals surface area contributed by atoms with Crippen LogP contribution in [0.5, 0.6) is 0 Å². The van der Waals surface area contributed by atoms with Gasteiger partial charge in [-0.3, -0.25) is 9.59 Å². The molecule has 0 aliphatic carbocycles. The number of aromatic nitrogens is 2. The number of ketones is 1. The molecule has 210 valence electrons. The van der Waals surface area contributed by atoms with Crippen LogP contribution in [-0.2, 0) is 15.0 Å². The molecule has 0 unspecified atom stereocenters. The Kier molecular flexibility index (Phi) is 19.0. The molecule has 0 saturated heterocycles. The van der Waals surface area contributed by atoms with Crippen LogP contribution >= 0.6 is 37.2 Å². The van der Waals surface area contributed by atoms with E-state index in [0.717, 1.165) is 17.1 Å². The van der Waals surface area contributed by atoms with Crippen LogP contribution in [-0.4, -0.2) is 28.0 Å². The number of nitrogens with zero attached hydrogens (tertiary/aromatic N) is 2. The van der Waals surface area contributed by atoms with E-state index in [2.05, 4.69) is 101 Å². The summed E-state index contributed by atoms with van der Waals surface area (Å²) >= 11 is 5.30. The summed E-state index contributed by atoms with van der Waals surface area (Å²) in [6.07, 6.45) is 4.38. The summed E-state index contributed by atoms with van der Waals surface area (Å²) in [6.45, 7) is 18.8. The van der Waals surface area contributed by atoms with E-state index in [1.165, 1.54) is 17.5 Å². The molecule has 0 spiro atoms. The van der Waals surface area contributed by atoms with Crippen molar-refractivity contribution in [2.75, 3.05) is 17.2 Å². The van der Waals surface area contributed by atoms with E-state index >= 15 is 0 Å². The molecule has 0 saturated carbocycles. The van der Waals surface area contributed by atoms with E-state index in [9.17, 15) is 9.59 Å². The zero-order valence-electron chi connectivity index (χ0n) is 23.8. The Morgan fingerprint density at radius 2 is 1.68 bits per heavy atom. The van der Waals surface area contributed by atoms with Gasteiger partial charge in [0.05, 0.1) is 12.2 Å². The van der Waals surface area contributed by atoms with Gasteiger partial charge in [0.1, 0.15) is 5.82 Å². The minimum atomic E-state index is -0.117. The van der Waals surface area contributed by atoms with Crippen molar-refractivity contribution in [2.45, 2.75) is 93.4 Å². The Labute approximate surface area is 254 Å². The second kappa shape index (κ2) is 19.4. The first-order valence-corrected chi connectivity index (χ1v) is 25.1. The Bertz CT molecular complexity index is 1010. The van der Waals surface area contributed by atoms with Crippen molar-refractivity contribution in [3.05, 3.63) is 47.2 Å². The third kappa shape index (κ3) is 14.9. The third-order valence-electron chi connectivity index (χ3n) is 5.35. The van der Waals surface area contributed by atoms with E-state index in [0.29, 0.717) is 38.3 Å². The number of carbonyl (C=O) groups is 2. The first-order valence-electron chi connectivity index (χ1n) is 12.6. The van der Waals surface area contributed by atoms with Crippen LogP contribution < -0.4 is 23.9 Å². The molecule has 0 aliphatic heterocycles. The molecule has 1 aromatic carbocycles. The molecule has 0 fully saturated rings. The number of hydrogen-bond donors (Lipinski definition) is 2. The van der Waals surface area contributed by atoms with Crippen molar-refractivity contribution in [3.63, 3.8) is 0 Å². The average Bonchev–Trinajstić information content (AvgIpc) is 3.24. The Hall–Kier alpha value is -0.700. The van der Waals surface area contributed by atoms with Crippen LogP contribution in [0, 0.1) is 13.8 Å². The molecule has 2 aromatic rings. The molecule has 0 atom stereocenters. The van der Waals surface area contributed by atoms with E-state index in [4.69, 9.17) is 0 Å². The van der Waals surface area contributed by atoms with Gasteiger partial charge in [0.15, 0.2) is 5.78 Å². The summed E-state index contributed by atoms with van der Waals surface area (Å²) in [5.41, 5.74) is 5.10. The van der Waals surface area contributed by atoms with Gasteiger partial charge in [-0.15, -0.1) is 0 Å². The SMILES string of the molecule is C/C=C(\C)n1nc(C(C)(C)C)cc1NC(=O)CCCC(=O)CNc1ccc(C)c(C)c1.CCC.I[I-]I. The second-order valence-electron chi connectivity index (χ2n) is 9.86. The number of hydrogen-bond acceptors (Lipinski definition) is 4. The Balaban J connectivity index is 0.00000196. The van der Waals surface area contributed by atoms with Gasteiger partial charge >= 0.3 is 50.5 Å². The summed E-state index contributed by atoms with van der Waals surface area (Å²) in [5.74, 6) is 0.643. The molecule has 1 aromatic heterocycles. The number of halogens is 3. The van der Waals surface area contributed by atoms with Crippen molar-refractivity contribution in [2.24, 2.45) is 0 Å². The standard InChI is InChI=1S/C25H36N4O2.C3H8.I3/c1-8-19(4)29-23(15-22(28-29)25(5,6)7)27-24(31)11-9-10-21(30)16-26-20-13-12-17(2)18(3)14-20;2*1-3-2/h8,12-15,26H,9-11,16H2,1-7H3,(H,27,31);3H2,1-2H3;/q;;-1/b19-8+;;. The molecular weight excluding hydrogens is 805 g/mol. The van der Waals surface area contributed by atoms with Crippen molar-refractivity contribution >= 4 is 66.1 Å². The number of benzene rings is 1. The number of carbonyl (C=O) groups excluding carboxylic acids is 2. The third-order valence-corrected chi connectivity index (χ3v) is 5.35. The minimum absolute atomic E-state index is 0.0934. The monoisotopic (exact) mass is 849 g/mol. The van der Waals surface area contributed by atoms with Crippen LogP contribution in [0.1, 0.15) is 91.0 Å². The zero-order chi connectivity index (χ0) is 28.6. The summed E-state index contributed by atoms with van der Waals surface area (Å²) in [4.78, 5) is 24.7. The first-order chi connectivity index (χ1) is 17.3. The molecule has 6 nitrogen and oxygen atoms in total. The van der Waals surface area contributed by atoms with Crippen LogP contribution in [0.25, 0.3) is 5.70 Å². The molecule has 1 amide bonds. The van der Waals surface area contributed by atoms with E-state index in [1.807, 2.05) is 44.2 Å². The van der Waals surface area contributed by atoms with Gasteiger partial charge in [-0.25, -0.2) is 4.68 Å². The van der Waals surface area contributed by atoms with Crippen LogP contribution in [0.4, 0.5) is 11.5 Å². The van der Waals surface area contributed by atoms with Gasteiger partial charge in [-0.1, -0.05) is 53.2 Å². The molecule has 9 heteroatoms. The van der Waals surface area contributed by atoms with Crippen molar-refractivity contribution in [1.29, 1.82) is 0 Å². The van der Waals surface area contributed by atoms with Crippen LogP contribution in [0.3, 0.4) is 0 Å². The number of anilines is 2. The molecule has 37 heavy (non-hydrogen) atoms. The molecule has 2 N–H and O–H groups in total. The van der Waals surface area contributed by atoms with E-state index < -0.39 is 0 Å². The van der Waals surface area contributed by atoms with Gasteiger partial charge in [-0.05, 0) is 57.4 Å². The van der Waals surface area contributed by atoms with Crippen molar-refractivity contribution in [1.82, 2.24) is 9.78 Å².